The molecular weight excluding hydrogens is 316 g/mol. The van der Waals surface area contributed by atoms with Gasteiger partial charge in [-0.15, -0.1) is 22.7 Å². The predicted molar refractivity (Wildman–Crippen MR) is 91.6 cm³/mol. The van der Waals surface area contributed by atoms with Crippen molar-refractivity contribution in [1.29, 1.82) is 0 Å². The van der Waals surface area contributed by atoms with Crippen molar-refractivity contribution in [3.8, 4) is 9.75 Å². The van der Waals surface area contributed by atoms with Crippen LogP contribution in [0, 0.1) is 5.92 Å². The Morgan fingerprint density at radius 3 is 2.68 bits per heavy atom. The first kappa shape index (κ1) is 16.9. The fourth-order valence-corrected chi connectivity index (χ4v) is 3.78. The Morgan fingerprint density at radius 2 is 2.00 bits per heavy atom. The third kappa shape index (κ3) is 5.07. The van der Waals surface area contributed by atoms with Crippen molar-refractivity contribution in [3.05, 3.63) is 34.5 Å². The molecule has 3 nitrogen and oxygen atoms in total. The van der Waals surface area contributed by atoms with Gasteiger partial charge in [0.15, 0.2) is 5.78 Å². The third-order valence-electron chi connectivity index (χ3n) is 3.03. The first-order valence-corrected chi connectivity index (χ1v) is 9.08. The number of rotatable bonds is 8. The molecule has 0 spiro atoms. The lowest BCUT2D eigenvalue weighted by molar-refractivity contribution is -0.144. The normalized spacial score (nSPS) is 10.9. The van der Waals surface area contributed by atoms with Gasteiger partial charge in [-0.3, -0.25) is 9.59 Å². The highest BCUT2D eigenvalue weighted by Crippen LogP contribution is 2.32. The molecule has 0 radical (unpaired) electrons. The highest BCUT2D eigenvalue weighted by molar-refractivity contribution is 7.22. The van der Waals surface area contributed by atoms with Crippen LogP contribution in [-0.2, 0) is 9.53 Å². The van der Waals surface area contributed by atoms with Crippen LogP contribution in [0.15, 0.2) is 29.6 Å². The van der Waals surface area contributed by atoms with Crippen molar-refractivity contribution in [2.45, 2.75) is 33.1 Å². The summed E-state index contributed by atoms with van der Waals surface area (Å²) < 4.78 is 5.12. The minimum atomic E-state index is -0.182. The summed E-state index contributed by atoms with van der Waals surface area (Å²) in [4.78, 5) is 26.6. The summed E-state index contributed by atoms with van der Waals surface area (Å²) in [6, 6.07) is 7.94. The average Bonchev–Trinajstić information content (AvgIpc) is 3.12. The fraction of sp³-hybridized carbons (Fsp3) is 0.412. The van der Waals surface area contributed by atoms with Crippen LogP contribution in [0.3, 0.4) is 0 Å². The number of carbonyl (C=O) groups excluding carboxylic acids is 2. The molecule has 0 fully saturated rings. The smallest absolute Gasteiger partial charge is 0.306 e. The molecule has 5 heteroatoms. The Bertz CT molecular complexity index is 612. The van der Waals surface area contributed by atoms with E-state index in [1.54, 1.807) is 11.3 Å². The van der Waals surface area contributed by atoms with Gasteiger partial charge in [0.05, 0.1) is 11.5 Å². The quantitative estimate of drug-likeness (QED) is 0.386. The van der Waals surface area contributed by atoms with Gasteiger partial charge >= 0.3 is 5.97 Å². The Hall–Kier alpha value is -1.46. The molecule has 2 aromatic rings. The van der Waals surface area contributed by atoms with Gasteiger partial charge in [-0.05, 0) is 35.9 Å². The maximum Gasteiger partial charge on any atom is 0.306 e. The summed E-state index contributed by atoms with van der Waals surface area (Å²) >= 11 is 3.20. The first-order valence-electron chi connectivity index (χ1n) is 7.39. The number of hydrogen-bond acceptors (Lipinski definition) is 5. The molecule has 118 valence electrons. The van der Waals surface area contributed by atoms with Crippen molar-refractivity contribution in [2.24, 2.45) is 5.92 Å². The zero-order valence-corrected chi connectivity index (χ0v) is 14.5. The maximum absolute atomic E-state index is 12.1. The standard InChI is InChI=1S/C17H20O3S2/c1-12(2)11-17(19)20-9-3-5-13(18)14-7-8-16(22-14)15-6-4-10-21-15/h4,6-8,10,12H,3,5,9,11H2,1-2H3. The van der Waals surface area contributed by atoms with Crippen LogP contribution in [0.25, 0.3) is 9.75 Å². The molecule has 0 aliphatic carbocycles. The van der Waals surface area contributed by atoms with Gasteiger partial charge in [-0.1, -0.05) is 19.9 Å². The number of esters is 1. The molecule has 0 amide bonds. The van der Waals surface area contributed by atoms with E-state index in [-0.39, 0.29) is 11.8 Å². The van der Waals surface area contributed by atoms with Crippen molar-refractivity contribution in [1.82, 2.24) is 0 Å². The summed E-state index contributed by atoms with van der Waals surface area (Å²) in [5.74, 6) is 0.238. The molecule has 0 saturated carbocycles. The molecule has 0 unspecified atom stereocenters. The van der Waals surface area contributed by atoms with Gasteiger partial charge < -0.3 is 4.74 Å². The topological polar surface area (TPSA) is 43.4 Å². The number of hydrogen-bond donors (Lipinski definition) is 0. The second-order valence-corrected chi connectivity index (χ2v) is 7.52. The zero-order valence-electron chi connectivity index (χ0n) is 12.8. The highest BCUT2D eigenvalue weighted by Gasteiger charge is 2.11. The van der Waals surface area contributed by atoms with E-state index in [2.05, 4.69) is 6.07 Å². The van der Waals surface area contributed by atoms with Crippen molar-refractivity contribution in [2.75, 3.05) is 6.61 Å². The highest BCUT2D eigenvalue weighted by atomic mass is 32.1. The number of Topliss-reactive ketones (excluding diaryl/α,β-unsaturated/α-hetero) is 1. The summed E-state index contributed by atoms with van der Waals surface area (Å²) in [7, 11) is 0. The second kappa shape index (κ2) is 8.25. The summed E-state index contributed by atoms with van der Waals surface area (Å²) in [6.45, 7) is 4.28. The van der Waals surface area contributed by atoms with Crippen LogP contribution in [-0.4, -0.2) is 18.4 Å². The van der Waals surface area contributed by atoms with Gasteiger partial charge in [0.2, 0.25) is 0 Å². The molecule has 2 aromatic heterocycles. The lowest BCUT2D eigenvalue weighted by atomic mass is 10.1. The lowest BCUT2D eigenvalue weighted by Crippen LogP contribution is -2.09. The van der Waals surface area contributed by atoms with Gasteiger partial charge in [0.25, 0.3) is 0 Å². The molecule has 0 saturated heterocycles. The molecule has 2 rings (SSSR count). The van der Waals surface area contributed by atoms with Crippen LogP contribution >= 0.6 is 22.7 Å². The Morgan fingerprint density at radius 1 is 1.18 bits per heavy atom. The predicted octanol–water partition coefficient (Wildman–Crippen LogP) is 5.03. The van der Waals surface area contributed by atoms with Crippen molar-refractivity contribution in [3.63, 3.8) is 0 Å². The third-order valence-corrected chi connectivity index (χ3v) is 5.22. The van der Waals surface area contributed by atoms with Gasteiger partial charge in [-0.2, -0.15) is 0 Å². The number of ether oxygens (including phenoxy) is 1. The molecule has 2 heterocycles. The maximum atomic E-state index is 12.1. The summed E-state index contributed by atoms with van der Waals surface area (Å²) in [5.41, 5.74) is 0. The van der Waals surface area contributed by atoms with Crippen LogP contribution in [0.5, 0.6) is 0 Å². The van der Waals surface area contributed by atoms with Gasteiger partial charge in [0, 0.05) is 22.6 Å². The van der Waals surface area contributed by atoms with E-state index in [1.165, 1.54) is 16.2 Å². The van der Waals surface area contributed by atoms with Crippen LogP contribution < -0.4 is 0 Å². The van der Waals surface area contributed by atoms with Gasteiger partial charge in [0.1, 0.15) is 0 Å². The molecule has 0 atom stereocenters. The molecule has 22 heavy (non-hydrogen) atoms. The first-order chi connectivity index (χ1) is 10.6. The SMILES string of the molecule is CC(C)CC(=O)OCCCC(=O)c1ccc(-c2cccs2)s1. The van der Waals surface area contributed by atoms with Crippen LogP contribution in [0.1, 0.15) is 42.8 Å². The van der Waals surface area contributed by atoms with Crippen LogP contribution in [0.2, 0.25) is 0 Å². The second-order valence-electron chi connectivity index (χ2n) is 5.49. The molecule has 0 bridgehead atoms. The van der Waals surface area contributed by atoms with E-state index in [0.29, 0.717) is 31.8 Å². The van der Waals surface area contributed by atoms with E-state index in [4.69, 9.17) is 4.74 Å². The monoisotopic (exact) mass is 336 g/mol. The molecule has 0 N–H and O–H groups in total. The number of ketones is 1. The number of carbonyl (C=O) groups is 2. The minimum Gasteiger partial charge on any atom is -0.466 e. The fourth-order valence-electron chi connectivity index (χ4n) is 1.97. The summed E-state index contributed by atoms with van der Waals surface area (Å²) in [6.07, 6.45) is 1.43. The van der Waals surface area contributed by atoms with E-state index in [1.807, 2.05) is 37.4 Å². The molecular formula is C17H20O3S2. The zero-order chi connectivity index (χ0) is 15.9. The average molecular weight is 336 g/mol. The Kier molecular flexibility index (Phi) is 6.34. The Balaban J connectivity index is 1.75. The van der Waals surface area contributed by atoms with E-state index in [9.17, 15) is 9.59 Å². The molecule has 0 aromatic carbocycles. The van der Waals surface area contributed by atoms with Gasteiger partial charge in [-0.25, -0.2) is 0 Å². The van der Waals surface area contributed by atoms with Crippen molar-refractivity contribution >= 4 is 34.4 Å². The molecule has 0 aliphatic rings. The van der Waals surface area contributed by atoms with E-state index < -0.39 is 0 Å². The Labute approximate surface area is 138 Å². The minimum absolute atomic E-state index is 0.118. The summed E-state index contributed by atoms with van der Waals surface area (Å²) in [5, 5.41) is 2.03. The van der Waals surface area contributed by atoms with Crippen LogP contribution in [0.4, 0.5) is 0 Å². The molecule has 0 aliphatic heterocycles. The number of thiophene rings is 2. The van der Waals surface area contributed by atoms with E-state index in [0.717, 1.165) is 9.75 Å². The van der Waals surface area contributed by atoms with Crippen molar-refractivity contribution < 1.29 is 14.3 Å². The largest absolute Gasteiger partial charge is 0.466 e. The van der Waals surface area contributed by atoms with E-state index >= 15 is 0 Å². The lowest BCUT2D eigenvalue weighted by Gasteiger charge is -2.05.